The topological polar surface area (TPSA) is 57.4 Å². The maximum Gasteiger partial charge on any atom is 0.417 e. The van der Waals surface area contributed by atoms with Crippen LogP contribution in [0.25, 0.3) is 111 Å². The summed E-state index contributed by atoms with van der Waals surface area (Å²) < 4.78 is 50.8. The van der Waals surface area contributed by atoms with Gasteiger partial charge in [0.1, 0.15) is 11.6 Å². The Bertz CT molecular complexity index is 3940. The number of rotatable bonds is 7. The van der Waals surface area contributed by atoms with Crippen LogP contribution in [0.15, 0.2) is 200 Å². The van der Waals surface area contributed by atoms with Crippen LogP contribution >= 0.6 is 0 Å². The molecular formula is C67H45F3N4. The van der Waals surface area contributed by atoms with E-state index in [0.29, 0.717) is 11.4 Å². The standard InChI is InChI=1S/C67H45F3N4/c1-40-14-5-9-19-50(40)44-24-28-54-55-29-25-45(51-20-10-6-15-41(51)2)33-61(55)73(60(54)32-44)64-36-49(66-48(38-71)18-13-23-59(66)67(68,69)70)37-65(58(64)39-72)74-62-34-46(52-21-11-7-16-42(52)3)26-30-56(62)57-31-27-47(35-63(57)74)53-22-12-8-17-43(53)4/h5-37H,1-4H3. The smallest absolute Gasteiger partial charge is 0.308 e. The van der Waals surface area contributed by atoms with Gasteiger partial charge in [0, 0.05) is 27.1 Å². The lowest BCUT2D eigenvalue weighted by atomic mass is 9.92. The Morgan fingerprint density at radius 2 is 0.703 bits per heavy atom. The third kappa shape index (κ3) is 7.44. The molecule has 0 spiro atoms. The second-order valence-corrected chi connectivity index (χ2v) is 19.2. The molecule has 74 heavy (non-hydrogen) atoms. The molecule has 4 nitrogen and oxygen atoms in total. The van der Waals surface area contributed by atoms with E-state index in [1.165, 1.54) is 12.1 Å². The fourth-order valence-electron chi connectivity index (χ4n) is 11.2. The lowest BCUT2D eigenvalue weighted by Crippen LogP contribution is -2.10. The number of nitriles is 2. The van der Waals surface area contributed by atoms with Crippen molar-refractivity contribution in [2.75, 3.05) is 0 Å². The van der Waals surface area contributed by atoms with Gasteiger partial charge < -0.3 is 9.13 Å². The van der Waals surface area contributed by atoms with Crippen LogP contribution in [-0.2, 0) is 6.18 Å². The van der Waals surface area contributed by atoms with Gasteiger partial charge in [0.05, 0.1) is 50.6 Å². The molecule has 2 heterocycles. The largest absolute Gasteiger partial charge is 0.417 e. The lowest BCUT2D eigenvalue weighted by Gasteiger charge is -2.21. The Labute approximate surface area is 426 Å². The van der Waals surface area contributed by atoms with Gasteiger partial charge in [0.25, 0.3) is 0 Å². The fraction of sp³-hybridized carbons (Fsp3) is 0.0746. The summed E-state index contributed by atoms with van der Waals surface area (Å²) >= 11 is 0. The highest BCUT2D eigenvalue weighted by Gasteiger charge is 2.36. The summed E-state index contributed by atoms with van der Waals surface area (Å²) in [5.74, 6) is 0. The normalized spacial score (nSPS) is 11.7. The summed E-state index contributed by atoms with van der Waals surface area (Å²) in [7, 11) is 0. The molecule has 0 saturated heterocycles. The van der Waals surface area contributed by atoms with Gasteiger partial charge in [-0.2, -0.15) is 23.7 Å². The van der Waals surface area contributed by atoms with Crippen LogP contribution in [0.1, 0.15) is 38.9 Å². The first-order chi connectivity index (χ1) is 35.9. The molecule has 10 aromatic carbocycles. The van der Waals surface area contributed by atoms with Crippen molar-refractivity contribution in [2.45, 2.75) is 33.9 Å². The fourth-order valence-corrected chi connectivity index (χ4v) is 11.2. The van der Waals surface area contributed by atoms with E-state index in [0.717, 1.165) is 116 Å². The summed E-state index contributed by atoms with van der Waals surface area (Å²) in [4.78, 5) is 0. The van der Waals surface area contributed by atoms with Gasteiger partial charge in [0.15, 0.2) is 0 Å². The minimum absolute atomic E-state index is 0.138. The van der Waals surface area contributed by atoms with Gasteiger partial charge in [-0.25, -0.2) is 0 Å². The second-order valence-electron chi connectivity index (χ2n) is 19.2. The Kier molecular flexibility index (Phi) is 10.9. The average molecular weight is 963 g/mol. The molecule has 12 aromatic rings. The van der Waals surface area contributed by atoms with E-state index in [4.69, 9.17) is 0 Å². The molecule has 0 radical (unpaired) electrons. The minimum Gasteiger partial charge on any atom is -0.308 e. The molecule has 0 fully saturated rings. The van der Waals surface area contributed by atoms with Crippen molar-refractivity contribution in [3.8, 4) is 79.1 Å². The number of alkyl halides is 3. The number of nitrogens with zero attached hydrogens (tertiary/aromatic N) is 4. The number of fused-ring (bicyclic) bond motifs is 6. The molecule has 0 N–H and O–H groups in total. The van der Waals surface area contributed by atoms with E-state index in [-0.39, 0.29) is 22.3 Å². The molecule has 0 bridgehead atoms. The zero-order valence-corrected chi connectivity index (χ0v) is 41.0. The Morgan fingerprint density at radius 3 is 1.00 bits per heavy atom. The minimum atomic E-state index is -4.83. The lowest BCUT2D eigenvalue weighted by molar-refractivity contribution is -0.137. The molecule has 12 rings (SSSR count). The van der Waals surface area contributed by atoms with E-state index in [1.807, 2.05) is 57.7 Å². The average Bonchev–Trinajstić information content (AvgIpc) is 3.91. The molecule has 354 valence electrons. The number of halogens is 3. The van der Waals surface area contributed by atoms with Crippen LogP contribution < -0.4 is 0 Å². The summed E-state index contributed by atoms with van der Waals surface area (Å²) in [6, 6.07) is 69.7. The monoisotopic (exact) mass is 962 g/mol. The highest BCUT2D eigenvalue weighted by Crippen LogP contribution is 2.46. The van der Waals surface area contributed by atoms with E-state index >= 15 is 13.2 Å². The van der Waals surface area contributed by atoms with E-state index in [9.17, 15) is 10.5 Å². The number of aryl methyl sites for hydroxylation is 4. The van der Waals surface area contributed by atoms with Crippen LogP contribution in [0.2, 0.25) is 0 Å². The molecule has 0 saturated carbocycles. The van der Waals surface area contributed by atoms with Crippen molar-refractivity contribution >= 4 is 43.6 Å². The van der Waals surface area contributed by atoms with Gasteiger partial charge in [-0.15, -0.1) is 0 Å². The van der Waals surface area contributed by atoms with Crippen LogP contribution in [-0.4, -0.2) is 9.13 Å². The Balaban J connectivity index is 1.28. The molecule has 2 aromatic heterocycles. The van der Waals surface area contributed by atoms with Crippen LogP contribution in [0.3, 0.4) is 0 Å². The summed E-state index contributed by atoms with van der Waals surface area (Å²) in [6.07, 6.45) is -4.83. The van der Waals surface area contributed by atoms with Crippen LogP contribution in [0.5, 0.6) is 0 Å². The van der Waals surface area contributed by atoms with Crippen molar-refractivity contribution < 1.29 is 13.2 Å². The zero-order chi connectivity index (χ0) is 51.0. The summed E-state index contributed by atoms with van der Waals surface area (Å²) in [6.45, 7) is 8.27. The number of hydrogen-bond acceptors (Lipinski definition) is 2. The number of benzene rings is 10. The Hall–Kier alpha value is -9.43. The second kappa shape index (κ2) is 17.7. The van der Waals surface area contributed by atoms with Crippen molar-refractivity contribution in [3.63, 3.8) is 0 Å². The predicted octanol–water partition coefficient (Wildman–Crippen LogP) is 18.2. The molecule has 0 atom stereocenters. The first kappa shape index (κ1) is 45.7. The third-order valence-corrected chi connectivity index (χ3v) is 14.8. The SMILES string of the molecule is Cc1ccccc1-c1ccc2c3ccc(-c4ccccc4C)cc3n(-c3cc(-c4c(C#N)cccc4C(F)(F)F)cc(-n4c5cc(-c6ccccc6C)ccc5c5ccc(-c6ccccc6C)cc54)c3C#N)c2c1. The molecule has 0 unspecified atom stereocenters. The van der Waals surface area contributed by atoms with Crippen molar-refractivity contribution in [3.05, 3.63) is 239 Å². The van der Waals surface area contributed by atoms with Gasteiger partial charge >= 0.3 is 6.18 Å². The predicted molar refractivity (Wildman–Crippen MR) is 296 cm³/mol. The maximum atomic E-state index is 15.6. The van der Waals surface area contributed by atoms with Gasteiger partial charge in [-0.05, 0) is 149 Å². The molecule has 0 aliphatic heterocycles. The molecular weight excluding hydrogens is 918 g/mol. The van der Waals surface area contributed by atoms with Gasteiger partial charge in [-0.3, -0.25) is 0 Å². The van der Waals surface area contributed by atoms with E-state index in [1.54, 1.807) is 12.1 Å². The maximum absolute atomic E-state index is 15.6. The van der Waals surface area contributed by atoms with Gasteiger partial charge in [0.2, 0.25) is 0 Å². The van der Waals surface area contributed by atoms with Crippen LogP contribution in [0.4, 0.5) is 13.2 Å². The first-order valence-electron chi connectivity index (χ1n) is 24.5. The van der Waals surface area contributed by atoms with E-state index in [2.05, 4.69) is 161 Å². The third-order valence-electron chi connectivity index (χ3n) is 14.8. The first-order valence-corrected chi connectivity index (χ1v) is 24.5. The van der Waals surface area contributed by atoms with Crippen LogP contribution in [0, 0.1) is 50.4 Å². The van der Waals surface area contributed by atoms with Crippen molar-refractivity contribution in [1.29, 1.82) is 10.5 Å². The zero-order valence-electron chi connectivity index (χ0n) is 41.0. The number of aromatic nitrogens is 2. The molecule has 7 heteroatoms. The number of hydrogen-bond donors (Lipinski definition) is 0. The van der Waals surface area contributed by atoms with E-state index < -0.39 is 11.7 Å². The van der Waals surface area contributed by atoms with Gasteiger partial charge in [-0.1, -0.05) is 152 Å². The molecule has 0 amide bonds. The summed E-state index contributed by atoms with van der Waals surface area (Å²) in [5.41, 5.74) is 15.0. The van der Waals surface area contributed by atoms with Crippen molar-refractivity contribution in [2.24, 2.45) is 0 Å². The molecule has 0 aliphatic carbocycles. The summed E-state index contributed by atoms with van der Waals surface area (Å²) in [5, 5.41) is 26.3. The highest BCUT2D eigenvalue weighted by molar-refractivity contribution is 6.13. The quantitative estimate of drug-likeness (QED) is 0.160. The van der Waals surface area contributed by atoms with Crippen molar-refractivity contribution in [1.82, 2.24) is 9.13 Å². The highest BCUT2D eigenvalue weighted by atomic mass is 19.4. The Morgan fingerprint density at radius 1 is 0.365 bits per heavy atom. The molecule has 0 aliphatic rings.